The molecule has 1 heteroatoms. The first-order valence-corrected chi connectivity index (χ1v) is 5.02. The molecule has 0 aromatic carbocycles. The van der Waals surface area contributed by atoms with E-state index >= 15 is 0 Å². The van der Waals surface area contributed by atoms with Crippen molar-refractivity contribution in [1.82, 2.24) is 5.32 Å². The summed E-state index contributed by atoms with van der Waals surface area (Å²) in [5.74, 6) is 0. The lowest BCUT2D eigenvalue weighted by atomic mass is 9.95. The van der Waals surface area contributed by atoms with Crippen LogP contribution in [0.1, 0.15) is 32.1 Å². The summed E-state index contributed by atoms with van der Waals surface area (Å²) < 4.78 is 0. The summed E-state index contributed by atoms with van der Waals surface area (Å²) in [6.07, 6.45) is 11.3. The van der Waals surface area contributed by atoms with E-state index in [-0.39, 0.29) is 0 Å². The Morgan fingerprint density at radius 3 is 2.58 bits per heavy atom. The summed E-state index contributed by atoms with van der Waals surface area (Å²) in [4.78, 5) is 0. The van der Waals surface area contributed by atoms with Gasteiger partial charge in [0.15, 0.2) is 0 Å². The van der Waals surface area contributed by atoms with Crippen molar-refractivity contribution in [2.24, 2.45) is 0 Å². The van der Waals surface area contributed by atoms with E-state index in [0.717, 1.165) is 6.54 Å². The molecule has 0 unspecified atom stereocenters. The van der Waals surface area contributed by atoms with Crippen LogP contribution < -0.4 is 5.32 Å². The number of fused-ring (bicyclic) bond motifs is 3. The van der Waals surface area contributed by atoms with Crippen LogP contribution >= 0.6 is 0 Å². The van der Waals surface area contributed by atoms with Gasteiger partial charge in [-0.25, -0.2) is 0 Å². The fourth-order valence-corrected chi connectivity index (χ4v) is 1.99. The zero-order chi connectivity index (χ0) is 8.23. The third-order valence-corrected chi connectivity index (χ3v) is 2.77. The first kappa shape index (κ1) is 8.06. The minimum atomic E-state index is 1.13. The quantitative estimate of drug-likeness (QED) is 0.541. The van der Waals surface area contributed by atoms with E-state index in [9.17, 15) is 0 Å². The predicted molar refractivity (Wildman–Crippen MR) is 52.1 cm³/mol. The molecule has 2 bridgehead atoms. The van der Waals surface area contributed by atoms with E-state index in [4.69, 9.17) is 0 Å². The van der Waals surface area contributed by atoms with Crippen LogP contribution in [0.25, 0.3) is 0 Å². The monoisotopic (exact) mass is 163 g/mol. The molecule has 12 heavy (non-hydrogen) atoms. The van der Waals surface area contributed by atoms with E-state index in [1.54, 1.807) is 11.1 Å². The van der Waals surface area contributed by atoms with Gasteiger partial charge in [0.2, 0.25) is 0 Å². The lowest BCUT2D eigenvalue weighted by Crippen LogP contribution is -2.21. The molecule has 1 heterocycles. The van der Waals surface area contributed by atoms with E-state index in [1.807, 2.05) is 0 Å². The minimum absolute atomic E-state index is 1.13. The molecular formula is C11H17N. The summed E-state index contributed by atoms with van der Waals surface area (Å²) in [5, 5.41) is 3.48. The highest BCUT2D eigenvalue weighted by Crippen LogP contribution is 2.20. The Bertz CT molecular complexity index is 189. The normalized spacial score (nSPS) is 33.3. The van der Waals surface area contributed by atoms with Gasteiger partial charge >= 0.3 is 0 Å². The van der Waals surface area contributed by atoms with Gasteiger partial charge in [-0.05, 0) is 38.6 Å². The van der Waals surface area contributed by atoms with Gasteiger partial charge in [-0.15, -0.1) is 0 Å². The Labute approximate surface area is 74.5 Å². The number of hydrogen-bond acceptors (Lipinski definition) is 1. The topological polar surface area (TPSA) is 12.0 Å². The van der Waals surface area contributed by atoms with Crippen LogP contribution in [0.5, 0.6) is 0 Å². The Morgan fingerprint density at radius 2 is 1.67 bits per heavy atom. The van der Waals surface area contributed by atoms with Crippen LogP contribution in [0.15, 0.2) is 23.3 Å². The summed E-state index contributed by atoms with van der Waals surface area (Å²) in [6, 6.07) is 0. The molecule has 1 aliphatic carbocycles. The highest BCUT2D eigenvalue weighted by molar-refractivity contribution is 5.15. The van der Waals surface area contributed by atoms with Crippen molar-refractivity contribution in [2.45, 2.75) is 32.1 Å². The maximum atomic E-state index is 3.48. The Balaban J connectivity index is 2.11. The lowest BCUT2D eigenvalue weighted by Gasteiger charge is -2.18. The van der Waals surface area contributed by atoms with E-state index < -0.39 is 0 Å². The van der Waals surface area contributed by atoms with Crippen LogP contribution in [-0.2, 0) is 0 Å². The van der Waals surface area contributed by atoms with Crippen LogP contribution in [0.4, 0.5) is 0 Å². The summed E-state index contributed by atoms with van der Waals surface area (Å²) in [7, 11) is 0. The lowest BCUT2D eigenvalue weighted by molar-refractivity contribution is 0.647. The van der Waals surface area contributed by atoms with Crippen molar-refractivity contribution in [1.29, 1.82) is 0 Å². The van der Waals surface area contributed by atoms with Crippen LogP contribution in [0.2, 0.25) is 0 Å². The molecule has 0 atom stereocenters. The second-order valence-corrected chi connectivity index (χ2v) is 3.73. The van der Waals surface area contributed by atoms with Gasteiger partial charge in [-0.2, -0.15) is 0 Å². The Hall–Kier alpha value is -0.560. The van der Waals surface area contributed by atoms with Gasteiger partial charge in [0.1, 0.15) is 0 Å². The van der Waals surface area contributed by atoms with Crippen molar-refractivity contribution in [3.05, 3.63) is 23.3 Å². The molecule has 1 saturated heterocycles. The molecule has 0 radical (unpaired) electrons. The van der Waals surface area contributed by atoms with Gasteiger partial charge in [-0.1, -0.05) is 23.3 Å². The number of nitrogens with one attached hydrogen (secondary N) is 1. The predicted octanol–water partition coefficient (Wildman–Crippen LogP) is 2.41. The maximum Gasteiger partial charge on any atom is 0.0164 e. The molecule has 66 valence electrons. The molecule has 2 aliphatic rings. The van der Waals surface area contributed by atoms with E-state index in [0.29, 0.717) is 0 Å². The van der Waals surface area contributed by atoms with Gasteiger partial charge < -0.3 is 5.32 Å². The first-order valence-electron chi connectivity index (χ1n) is 5.02. The largest absolute Gasteiger partial charge is 0.313 e. The highest BCUT2D eigenvalue weighted by atomic mass is 14.8. The number of allylic oxidation sites excluding steroid dienone is 2. The third kappa shape index (κ3) is 1.98. The fourth-order valence-electron chi connectivity index (χ4n) is 1.99. The van der Waals surface area contributed by atoms with Crippen LogP contribution in [0, 0.1) is 0 Å². The molecule has 0 saturated carbocycles. The fraction of sp³-hybridized carbons (Fsp3) is 0.636. The van der Waals surface area contributed by atoms with Crippen molar-refractivity contribution >= 4 is 0 Å². The van der Waals surface area contributed by atoms with Gasteiger partial charge in [-0.3, -0.25) is 0 Å². The molecule has 1 N–H and O–H groups in total. The zero-order valence-corrected chi connectivity index (χ0v) is 7.60. The van der Waals surface area contributed by atoms with E-state index in [2.05, 4.69) is 17.5 Å². The van der Waals surface area contributed by atoms with Gasteiger partial charge in [0.25, 0.3) is 0 Å². The van der Waals surface area contributed by atoms with Gasteiger partial charge in [0.05, 0.1) is 0 Å². The third-order valence-electron chi connectivity index (χ3n) is 2.77. The standard InChI is InChI=1S/C11H17N/c1-2-4-11-6-5-10(3-1)7-8-12-9-11/h3-4,12H,1-2,5-9H2/b10-3+,11-4+. The Kier molecular flexibility index (Phi) is 2.62. The smallest absolute Gasteiger partial charge is 0.0164 e. The molecular weight excluding hydrogens is 146 g/mol. The highest BCUT2D eigenvalue weighted by Gasteiger charge is 2.07. The van der Waals surface area contributed by atoms with Crippen LogP contribution in [0.3, 0.4) is 0 Å². The Morgan fingerprint density at radius 1 is 0.917 bits per heavy atom. The first-order chi connectivity index (χ1) is 5.95. The minimum Gasteiger partial charge on any atom is -0.313 e. The van der Waals surface area contributed by atoms with Crippen molar-refractivity contribution in [3.8, 4) is 0 Å². The second-order valence-electron chi connectivity index (χ2n) is 3.73. The molecule has 1 aliphatic heterocycles. The number of hydrogen-bond donors (Lipinski definition) is 1. The van der Waals surface area contributed by atoms with Crippen LogP contribution in [-0.4, -0.2) is 13.1 Å². The molecule has 1 nitrogen and oxygen atoms in total. The summed E-state index contributed by atoms with van der Waals surface area (Å²) in [6.45, 7) is 2.30. The molecule has 0 amide bonds. The molecule has 2 rings (SSSR count). The molecule has 0 aromatic rings. The van der Waals surface area contributed by atoms with Gasteiger partial charge in [0, 0.05) is 6.54 Å². The maximum absolute atomic E-state index is 3.48. The zero-order valence-electron chi connectivity index (χ0n) is 7.60. The summed E-state index contributed by atoms with van der Waals surface area (Å²) >= 11 is 0. The van der Waals surface area contributed by atoms with Crippen molar-refractivity contribution in [3.63, 3.8) is 0 Å². The van der Waals surface area contributed by atoms with E-state index in [1.165, 1.54) is 38.6 Å². The number of rotatable bonds is 0. The second kappa shape index (κ2) is 3.90. The summed E-state index contributed by atoms with van der Waals surface area (Å²) in [5.41, 5.74) is 3.30. The average Bonchev–Trinajstić information content (AvgIpc) is 2.03. The molecule has 0 aromatic heterocycles. The average molecular weight is 163 g/mol. The van der Waals surface area contributed by atoms with Crippen molar-refractivity contribution in [2.75, 3.05) is 13.1 Å². The molecule has 1 fully saturated rings. The SMILES string of the molecule is C1=C2/CCNC/C(=C/CC/1)CC2. The van der Waals surface area contributed by atoms with Crippen molar-refractivity contribution < 1.29 is 0 Å². The molecule has 0 spiro atoms.